The quantitative estimate of drug-likeness (QED) is 0.237. The van der Waals surface area contributed by atoms with Gasteiger partial charge in [-0.1, -0.05) is 61.0 Å². The van der Waals surface area contributed by atoms with Gasteiger partial charge in [0.2, 0.25) is 15.9 Å². The highest BCUT2D eigenvalue weighted by molar-refractivity contribution is 7.89. The molecule has 0 aromatic heterocycles. The molecule has 4 rings (SSSR count). The molecule has 1 saturated heterocycles. The highest BCUT2D eigenvalue weighted by Gasteiger charge is 2.30. The Balaban J connectivity index is 1.35. The number of hydrogen-bond acceptors (Lipinski definition) is 6. The first-order valence-electron chi connectivity index (χ1n) is 15.4. The lowest BCUT2D eigenvalue weighted by atomic mass is 9.94. The number of primary amides is 1. The first-order chi connectivity index (χ1) is 21.6. The Morgan fingerprint density at radius 1 is 1.02 bits per heavy atom. The molecule has 2 N–H and O–H groups in total. The highest BCUT2D eigenvalue weighted by atomic mass is 35.5. The first-order valence-corrected chi connectivity index (χ1v) is 17.2. The summed E-state index contributed by atoms with van der Waals surface area (Å²) in [5, 5.41) is 0.621. The number of ether oxygens (including phenoxy) is 1. The third-order valence-corrected chi connectivity index (χ3v) is 10.4. The number of rotatable bonds is 14. The van der Waals surface area contributed by atoms with E-state index < -0.39 is 15.9 Å². The maximum atomic E-state index is 13.3. The summed E-state index contributed by atoms with van der Waals surface area (Å²) in [5.74, 6) is -0.574. The van der Waals surface area contributed by atoms with Gasteiger partial charge in [0.15, 0.2) is 0 Å². The molecule has 1 aliphatic heterocycles. The average molecular weight is 655 g/mol. The van der Waals surface area contributed by atoms with Gasteiger partial charge in [-0.3, -0.25) is 4.79 Å². The summed E-state index contributed by atoms with van der Waals surface area (Å²) in [6, 6.07) is 23.0. The molecule has 0 aliphatic carbocycles. The Morgan fingerprint density at radius 2 is 1.73 bits per heavy atom. The van der Waals surface area contributed by atoms with Crippen LogP contribution in [0.3, 0.4) is 0 Å². The van der Waals surface area contributed by atoms with Crippen molar-refractivity contribution in [2.24, 2.45) is 5.73 Å². The molecule has 0 bridgehead atoms. The Kier molecular flexibility index (Phi) is 12.4. The number of likely N-dealkylation sites (N-methyl/N-ethyl adjacent to an activating group) is 1. The monoisotopic (exact) mass is 654 g/mol. The maximum absolute atomic E-state index is 13.3. The second-order valence-corrected chi connectivity index (χ2v) is 14.0. The van der Waals surface area contributed by atoms with Crippen molar-refractivity contribution in [1.82, 2.24) is 14.1 Å². The fraction of sp³-hybridized carbons (Fsp3) is 0.412. The van der Waals surface area contributed by atoms with Gasteiger partial charge in [0, 0.05) is 49.9 Å². The van der Waals surface area contributed by atoms with Crippen LogP contribution in [0.5, 0.6) is 0 Å². The van der Waals surface area contributed by atoms with Crippen LogP contribution in [0.4, 0.5) is 4.79 Å². The molecular weight excluding hydrogens is 612 g/mol. The van der Waals surface area contributed by atoms with Gasteiger partial charge in [-0.05, 0) is 85.7 Å². The van der Waals surface area contributed by atoms with Crippen LogP contribution >= 0.6 is 11.6 Å². The van der Waals surface area contributed by atoms with E-state index in [9.17, 15) is 18.0 Å². The van der Waals surface area contributed by atoms with Crippen molar-refractivity contribution in [2.75, 3.05) is 39.8 Å². The van der Waals surface area contributed by atoms with E-state index in [1.807, 2.05) is 36.1 Å². The van der Waals surface area contributed by atoms with E-state index in [2.05, 4.69) is 4.90 Å². The third kappa shape index (κ3) is 9.53. The molecule has 1 aliphatic rings. The Hall–Kier alpha value is -3.44. The van der Waals surface area contributed by atoms with Crippen molar-refractivity contribution in [2.45, 2.75) is 56.1 Å². The summed E-state index contributed by atoms with van der Waals surface area (Å²) in [6.45, 7) is 5.46. The number of amides is 2. The van der Waals surface area contributed by atoms with E-state index in [1.54, 1.807) is 61.6 Å². The predicted octanol–water partition coefficient (Wildman–Crippen LogP) is 5.75. The van der Waals surface area contributed by atoms with Gasteiger partial charge in [0.05, 0.1) is 4.90 Å². The lowest BCUT2D eigenvalue weighted by molar-refractivity contribution is 0.0601. The summed E-state index contributed by atoms with van der Waals surface area (Å²) in [4.78, 5) is 29.1. The number of sulfonamides is 1. The van der Waals surface area contributed by atoms with Crippen LogP contribution in [0.1, 0.15) is 60.0 Å². The van der Waals surface area contributed by atoms with Crippen molar-refractivity contribution in [3.05, 3.63) is 101 Å². The number of likely N-dealkylation sites (tertiary alicyclic amines) is 1. The van der Waals surface area contributed by atoms with Gasteiger partial charge < -0.3 is 20.3 Å². The van der Waals surface area contributed by atoms with Gasteiger partial charge in [-0.25, -0.2) is 17.5 Å². The first kappa shape index (κ1) is 34.4. The normalized spacial score (nSPS) is 15.1. The summed E-state index contributed by atoms with van der Waals surface area (Å²) < 4.78 is 33.6. The van der Waals surface area contributed by atoms with Crippen LogP contribution in [0.15, 0.2) is 83.8 Å². The average Bonchev–Trinajstić information content (AvgIpc) is 3.05. The zero-order valence-corrected chi connectivity index (χ0v) is 27.6. The molecule has 242 valence electrons. The minimum atomic E-state index is -3.64. The van der Waals surface area contributed by atoms with Crippen LogP contribution in [-0.4, -0.2) is 80.3 Å². The summed E-state index contributed by atoms with van der Waals surface area (Å²) >= 11 is 6.33. The van der Waals surface area contributed by atoms with Gasteiger partial charge in [-0.15, -0.1) is 0 Å². The molecular formula is C34H43ClN4O5S. The lowest BCUT2D eigenvalue weighted by Crippen LogP contribution is -2.48. The number of carbonyl (C=O) groups is 2. The van der Waals surface area contributed by atoms with Gasteiger partial charge in [0.25, 0.3) is 0 Å². The molecule has 11 heteroatoms. The fourth-order valence-electron chi connectivity index (χ4n) is 5.80. The smallest absolute Gasteiger partial charge is 0.410 e. The largest absolute Gasteiger partial charge is 0.445 e. The van der Waals surface area contributed by atoms with Crippen LogP contribution in [0, 0.1) is 0 Å². The minimum Gasteiger partial charge on any atom is -0.445 e. The molecule has 0 spiro atoms. The third-order valence-electron chi connectivity index (χ3n) is 8.31. The summed E-state index contributed by atoms with van der Waals surface area (Å²) in [7, 11) is -2.01. The van der Waals surface area contributed by atoms with Crippen molar-refractivity contribution < 1.29 is 22.7 Å². The van der Waals surface area contributed by atoms with Crippen LogP contribution < -0.4 is 5.73 Å². The van der Waals surface area contributed by atoms with E-state index in [-0.39, 0.29) is 29.6 Å². The molecule has 0 unspecified atom stereocenters. The highest BCUT2D eigenvalue weighted by Crippen LogP contribution is 2.27. The Bertz CT molecular complexity index is 1530. The van der Waals surface area contributed by atoms with E-state index in [4.69, 9.17) is 22.1 Å². The van der Waals surface area contributed by atoms with E-state index >= 15 is 0 Å². The number of nitrogens with two attached hydrogens (primary N) is 1. The lowest BCUT2D eigenvalue weighted by Gasteiger charge is -2.38. The number of hydrogen-bond donors (Lipinski definition) is 1. The van der Waals surface area contributed by atoms with Gasteiger partial charge in [0.1, 0.15) is 6.61 Å². The van der Waals surface area contributed by atoms with Crippen molar-refractivity contribution in [3.8, 4) is 0 Å². The van der Waals surface area contributed by atoms with Crippen LogP contribution in [0.25, 0.3) is 0 Å². The van der Waals surface area contributed by atoms with E-state index in [0.717, 1.165) is 50.9 Å². The molecule has 9 nitrogen and oxygen atoms in total. The number of halogens is 1. The number of piperidine rings is 1. The molecule has 1 heterocycles. The van der Waals surface area contributed by atoms with Crippen LogP contribution in [-0.2, 0) is 21.4 Å². The minimum absolute atomic E-state index is 0.0513. The van der Waals surface area contributed by atoms with Crippen molar-refractivity contribution >= 4 is 33.6 Å². The molecule has 0 radical (unpaired) electrons. The molecule has 0 saturated carbocycles. The van der Waals surface area contributed by atoms with Crippen LogP contribution in [0.2, 0.25) is 5.02 Å². The zero-order chi connectivity index (χ0) is 32.4. The van der Waals surface area contributed by atoms with Crippen molar-refractivity contribution in [1.29, 1.82) is 0 Å². The second-order valence-electron chi connectivity index (χ2n) is 11.5. The molecule has 3 aromatic rings. The molecule has 1 fully saturated rings. The number of benzene rings is 3. The number of carbonyl (C=O) groups excluding carboxylic acids is 2. The molecule has 45 heavy (non-hydrogen) atoms. The SMILES string of the molecule is CCCN(C(=O)OCc1cccc(C(N)=O)c1)C1CCN(CC[C@H](CN(C)S(=O)(=O)c2ccccc2)c2cccc(Cl)c2)CC1. The predicted molar refractivity (Wildman–Crippen MR) is 177 cm³/mol. The summed E-state index contributed by atoms with van der Waals surface area (Å²) in [6.07, 6.45) is 2.84. The van der Waals surface area contributed by atoms with E-state index in [0.29, 0.717) is 29.2 Å². The van der Waals surface area contributed by atoms with Gasteiger partial charge >= 0.3 is 6.09 Å². The zero-order valence-electron chi connectivity index (χ0n) is 26.0. The van der Waals surface area contributed by atoms with E-state index in [1.165, 1.54) is 4.31 Å². The molecule has 3 aromatic carbocycles. The van der Waals surface area contributed by atoms with Crippen molar-refractivity contribution in [3.63, 3.8) is 0 Å². The topological polar surface area (TPSA) is 113 Å². The Morgan fingerprint density at radius 3 is 2.40 bits per heavy atom. The van der Waals surface area contributed by atoms with Gasteiger partial charge in [-0.2, -0.15) is 0 Å². The molecule has 2 amide bonds. The summed E-state index contributed by atoms with van der Waals surface area (Å²) in [5.41, 5.74) is 7.47. The Labute approximate surface area is 271 Å². The second kappa shape index (κ2) is 16.2. The number of nitrogens with zero attached hydrogens (tertiary/aromatic N) is 3. The standard InChI is InChI=1S/C34H43ClN4O5S/c1-3-18-39(34(41)44-25-26-9-7-11-28(22-26)33(36)40)31-16-20-38(21-17-31)19-15-29(27-10-8-12-30(35)23-27)24-37(2)45(42,43)32-13-5-4-6-14-32/h4-14,22-23,29,31H,3,15-21,24-25H2,1-2H3,(H2,36,40)/t29-/m1/s1. The fourth-order valence-corrected chi connectivity index (χ4v) is 7.24. The maximum Gasteiger partial charge on any atom is 0.410 e. The molecule has 1 atom stereocenters.